The van der Waals surface area contributed by atoms with E-state index < -0.39 is 23.2 Å². The summed E-state index contributed by atoms with van der Waals surface area (Å²) in [7, 11) is 0. The lowest BCUT2D eigenvalue weighted by atomic mass is 9.78. The molecule has 27 heavy (non-hydrogen) atoms. The van der Waals surface area contributed by atoms with Crippen LogP contribution in [0.2, 0.25) is 0 Å². The van der Waals surface area contributed by atoms with Crippen LogP contribution in [-0.4, -0.2) is 28.5 Å². The monoisotopic (exact) mass is 371 g/mol. The Balaban J connectivity index is 1.28. The normalized spacial score (nSPS) is 32.0. The highest BCUT2D eigenvalue weighted by atomic mass is 19.3. The van der Waals surface area contributed by atoms with Crippen molar-refractivity contribution in [1.29, 1.82) is 0 Å². The quantitative estimate of drug-likeness (QED) is 0.803. The Morgan fingerprint density at radius 3 is 2.70 bits per heavy atom. The van der Waals surface area contributed by atoms with Gasteiger partial charge in [-0.2, -0.15) is 0 Å². The molecule has 5 nitrogen and oxygen atoms in total. The molecule has 4 fully saturated rings. The van der Waals surface area contributed by atoms with E-state index in [0.29, 0.717) is 30.0 Å². The second kappa shape index (κ2) is 5.71. The van der Waals surface area contributed by atoms with Gasteiger partial charge in [-0.3, -0.25) is 0 Å². The zero-order chi connectivity index (χ0) is 18.6. The van der Waals surface area contributed by atoms with Crippen molar-refractivity contribution >= 4 is 17.6 Å². The van der Waals surface area contributed by atoms with E-state index >= 15 is 0 Å². The van der Waals surface area contributed by atoms with Gasteiger partial charge < -0.3 is 10.1 Å². The summed E-state index contributed by atoms with van der Waals surface area (Å²) in [6.07, 6.45) is 5.21. The lowest BCUT2D eigenvalue weighted by molar-refractivity contribution is -0.142. The minimum absolute atomic E-state index is 0.00790. The van der Waals surface area contributed by atoms with Crippen molar-refractivity contribution in [3.63, 3.8) is 0 Å². The van der Waals surface area contributed by atoms with Gasteiger partial charge in [0.05, 0.1) is 11.0 Å². The fourth-order valence-electron chi connectivity index (χ4n) is 5.24. The number of halogens is 2. The maximum absolute atomic E-state index is 14.7. The molecule has 4 atom stereocenters. The highest BCUT2D eigenvalue weighted by molar-refractivity contribution is 5.90. The number of esters is 1. The zero-order valence-corrected chi connectivity index (χ0v) is 14.6. The molecule has 6 rings (SSSR count). The number of nitrogens with zero attached hydrogens (tertiary/aromatic N) is 2. The molecule has 4 aliphatic carbocycles. The molecule has 7 heteroatoms. The molecule has 0 amide bonds. The number of anilines is 2. The molecule has 2 aromatic rings. The Hall–Kier alpha value is -2.57. The van der Waals surface area contributed by atoms with E-state index in [0.717, 1.165) is 6.42 Å². The van der Waals surface area contributed by atoms with E-state index in [1.807, 2.05) is 0 Å². The maximum Gasteiger partial charge on any atom is 0.338 e. The van der Waals surface area contributed by atoms with Crippen molar-refractivity contribution in [1.82, 2.24) is 9.97 Å². The third-order valence-corrected chi connectivity index (χ3v) is 6.56. The van der Waals surface area contributed by atoms with E-state index in [2.05, 4.69) is 15.3 Å². The Bertz CT molecular complexity index is 886. The van der Waals surface area contributed by atoms with Crippen LogP contribution < -0.4 is 5.32 Å². The molecular formula is C20H19F2N3O2. The van der Waals surface area contributed by atoms with Gasteiger partial charge in [0.15, 0.2) is 0 Å². The van der Waals surface area contributed by atoms with E-state index in [1.165, 1.54) is 0 Å². The number of aromatic nitrogens is 2. The van der Waals surface area contributed by atoms with Gasteiger partial charge in [0, 0.05) is 24.0 Å². The van der Waals surface area contributed by atoms with Crippen LogP contribution in [0, 0.1) is 23.2 Å². The second-order valence-electron chi connectivity index (χ2n) is 7.74. The minimum atomic E-state index is -2.71. The lowest BCUT2D eigenvalue weighted by Gasteiger charge is -2.35. The van der Waals surface area contributed by atoms with Gasteiger partial charge in [-0.05, 0) is 55.4 Å². The van der Waals surface area contributed by atoms with Crippen LogP contribution in [0.4, 0.5) is 20.4 Å². The van der Waals surface area contributed by atoms with E-state index in [9.17, 15) is 13.6 Å². The SMILES string of the molecule is O=C(OCC12C3CCC(CC31)C2(F)F)c1cccc(Nc2ncccn2)c1. The number of carbonyl (C=O) groups excluding carboxylic acids is 1. The van der Waals surface area contributed by atoms with Crippen molar-refractivity contribution in [2.24, 2.45) is 23.2 Å². The first kappa shape index (κ1) is 16.6. The molecular weight excluding hydrogens is 352 g/mol. The smallest absolute Gasteiger partial charge is 0.338 e. The number of benzene rings is 1. The van der Waals surface area contributed by atoms with Gasteiger partial charge in [-0.1, -0.05) is 6.07 Å². The zero-order valence-electron chi connectivity index (χ0n) is 14.6. The van der Waals surface area contributed by atoms with Crippen molar-refractivity contribution in [3.8, 4) is 0 Å². The number of rotatable bonds is 5. The number of carbonyl (C=O) groups is 1. The maximum atomic E-state index is 14.7. The van der Waals surface area contributed by atoms with Crippen LogP contribution in [0.3, 0.4) is 0 Å². The molecule has 0 saturated heterocycles. The molecule has 0 aliphatic heterocycles. The molecule has 0 radical (unpaired) electrons. The van der Waals surface area contributed by atoms with Crippen molar-refractivity contribution in [2.75, 3.05) is 11.9 Å². The van der Waals surface area contributed by atoms with Crippen LogP contribution in [0.1, 0.15) is 29.6 Å². The first-order valence-corrected chi connectivity index (χ1v) is 9.21. The Morgan fingerprint density at radius 2 is 2.00 bits per heavy atom. The lowest BCUT2D eigenvalue weighted by Crippen LogP contribution is -2.42. The molecule has 4 unspecified atom stereocenters. The van der Waals surface area contributed by atoms with Gasteiger partial charge in [0.2, 0.25) is 5.95 Å². The molecule has 0 spiro atoms. The van der Waals surface area contributed by atoms with Crippen molar-refractivity contribution in [3.05, 3.63) is 48.3 Å². The minimum Gasteiger partial charge on any atom is -0.461 e. The van der Waals surface area contributed by atoms with Crippen molar-refractivity contribution < 1.29 is 18.3 Å². The third-order valence-electron chi connectivity index (χ3n) is 6.56. The Labute approximate surface area is 155 Å². The van der Waals surface area contributed by atoms with E-state index in [-0.39, 0.29) is 18.4 Å². The fraction of sp³-hybridized carbons (Fsp3) is 0.450. The molecule has 4 saturated carbocycles. The number of fused-ring (bicyclic) bond motifs is 1. The Morgan fingerprint density at radius 1 is 1.19 bits per heavy atom. The Kier molecular flexibility index (Phi) is 3.51. The van der Waals surface area contributed by atoms with Crippen LogP contribution in [0.15, 0.2) is 42.7 Å². The summed E-state index contributed by atoms with van der Waals surface area (Å²) in [4.78, 5) is 20.6. The molecule has 1 aromatic carbocycles. The molecule has 1 aromatic heterocycles. The van der Waals surface area contributed by atoms with Crippen molar-refractivity contribution in [2.45, 2.75) is 25.2 Å². The fourth-order valence-corrected chi connectivity index (χ4v) is 5.24. The number of nitrogens with one attached hydrogen (secondary N) is 1. The topological polar surface area (TPSA) is 64.1 Å². The number of hydrogen-bond acceptors (Lipinski definition) is 5. The van der Waals surface area contributed by atoms with E-state index in [1.54, 1.807) is 42.7 Å². The van der Waals surface area contributed by atoms with Gasteiger partial charge in [0.1, 0.15) is 6.61 Å². The third kappa shape index (κ3) is 2.37. The van der Waals surface area contributed by atoms with Crippen LogP contribution in [0.5, 0.6) is 0 Å². The van der Waals surface area contributed by atoms with E-state index in [4.69, 9.17) is 4.74 Å². The predicted molar refractivity (Wildman–Crippen MR) is 93.7 cm³/mol. The number of hydrogen-bond donors (Lipinski definition) is 1. The van der Waals surface area contributed by atoms with Crippen LogP contribution >= 0.6 is 0 Å². The van der Waals surface area contributed by atoms with Crippen LogP contribution in [0.25, 0.3) is 0 Å². The molecule has 4 bridgehead atoms. The van der Waals surface area contributed by atoms with Crippen LogP contribution in [-0.2, 0) is 4.74 Å². The average molecular weight is 371 g/mol. The average Bonchev–Trinajstić information content (AvgIpc) is 3.30. The summed E-state index contributed by atoms with van der Waals surface area (Å²) in [5.41, 5.74) is -0.168. The summed E-state index contributed by atoms with van der Waals surface area (Å²) >= 11 is 0. The number of alkyl halides is 2. The van der Waals surface area contributed by atoms with Gasteiger partial charge in [-0.15, -0.1) is 0 Å². The summed E-state index contributed by atoms with van der Waals surface area (Å²) in [6, 6.07) is 8.40. The molecule has 140 valence electrons. The summed E-state index contributed by atoms with van der Waals surface area (Å²) < 4.78 is 34.7. The molecule has 4 aliphatic rings. The molecule has 1 N–H and O–H groups in total. The summed E-state index contributed by atoms with van der Waals surface area (Å²) in [5.74, 6) is -3.40. The predicted octanol–water partition coefficient (Wildman–Crippen LogP) is 4.06. The van der Waals surface area contributed by atoms with Gasteiger partial charge >= 0.3 is 5.97 Å². The van der Waals surface area contributed by atoms with Gasteiger partial charge in [0.25, 0.3) is 5.92 Å². The standard InChI is InChI=1S/C20H19F2N3O2/c21-20(22)13-5-6-15-16(10-13)19(15,20)11-27-17(26)12-3-1-4-14(9-12)25-18-23-7-2-8-24-18/h1-4,7-9,13,15-16H,5-6,10-11H2,(H,23,24,25). The molecule has 1 heterocycles. The highest BCUT2D eigenvalue weighted by Gasteiger charge is 2.85. The first-order chi connectivity index (χ1) is 13.0. The number of ether oxygens (including phenoxy) is 1. The van der Waals surface area contributed by atoms with Gasteiger partial charge in [-0.25, -0.2) is 23.5 Å². The highest BCUT2D eigenvalue weighted by Crippen LogP contribution is 2.81. The largest absolute Gasteiger partial charge is 0.461 e. The first-order valence-electron chi connectivity index (χ1n) is 9.21. The summed E-state index contributed by atoms with van der Waals surface area (Å²) in [5, 5.41) is 3.00. The summed E-state index contributed by atoms with van der Waals surface area (Å²) in [6.45, 7) is -0.190. The second-order valence-corrected chi connectivity index (χ2v) is 7.74.